The number of hydrogen-bond donors (Lipinski definition) is 1. The van der Waals surface area contributed by atoms with Crippen molar-refractivity contribution in [2.45, 2.75) is 6.92 Å². The predicted octanol–water partition coefficient (Wildman–Crippen LogP) is 2.48. The largest absolute Gasteiger partial charge is 0.398 e. The molecular weight excluding hydrogens is 146 g/mol. The summed E-state index contributed by atoms with van der Waals surface area (Å²) >= 11 is 0. The van der Waals surface area contributed by atoms with E-state index in [-0.39, 0.29) is 0 Å². The molecule has 1 nitrogen and oxygen atoms in total. The molecule has 1 heteroatoms. The lowest BCUT2D eigenvalue weighted by Gasteiger charge is -2.03. The van der Waals surface area contributed by atoms with Crippen LogP contribution in [0.2, 0.25) is 0 Å². The minimum atomic E-state index is 0.767. The molecule has 0 radical (unpaired) electrons. The Labute approximate surface area is 73.2 Å². The zero-order valence-electron chi connectivity index (χ0n) is 7.25. The summed E-state index contributed by atoms with van der Waals surface area (Å²) < 4.78 is 0. The maximum atomic E-state index is 5.80. The van der Waals surface area contributed by atoms with Crippen molar-refractivity contribution in [2.24, 2.45) is 5.73 Å². The van der Waals surface area contributed by atoms with Gasteiger partial charge in [-0.15, -0.1) is 0 Å². The van der Waals surface area contributed by atoms with Gasteiger partial charge in [-0.3, -0.25) is 0 Å². The molecule has 0 aliphatic rings. The molecule has 0 unspecified atom stereocenters. The van der Waals surface area contributed by atoms with Crippen LogP contribution in [0.3, 0.4) is 0 Å². The van der Waals surface area contributed by atoms with E-state index >= 15 is 0 Å². The molecule has 0 fully saturated rings. The van der Waals surface area contributed by atoms with Gasteiger partial charge < -0.3 is 5.73 Å². The summed E-state index contributed by atoms with van der Waals surface area (Å²) in [6, 6.07) is 8.02. The first-order valence-electron chi connectivity index (χ1n) is 3.90. The number of allylic oxidation sites excluding steroid dienone is 2. The number of aryl methyl sites for hydroxylation is 1. The third-order valence-corrected chi connectivity index (χ3v) is 1.75. The standard InChI is InChI=1S/C11H13N/c1-3-6-11(12)10-8-5-4-7-9(10)2/h3-8H,1,12H2,2H3/b11-6+. The normalized spacial score (nSPS) is 11.2. The van der Waals surface area contributed by atoms with Gasteiger partial charge in [0.05, 0.1) is 0 Å². The van der Waals surface area contributed by atoms with E-state index in [1.807, 2.05) is 37.3 Å². The van der Waals surface area contributed by atoms with Gasteiger partial charge in [0.1, 0.15) is 0 Å². The van der Waals surface area contributed by atoms with Crippen LogP contribution in [0.5, 0.6) is 0 Å². The molecule has 0 spiro atoms. The smallest absolute Gasteiger partial charge is 0.0390 e. The van der Waals surface area contributed by atoms with E-state index in [4.69, 9.17) is 5.73 Å². The average Bonchev–Trinajstić information content (AvgIpc) is 2.05. The van der Waals surface area contributed by atoms with E-state index in [9.17, 15) is 0 Å². The van der Waals surface area contributed by atoms with Crippen LogP contribution < -0.4 is 5.73 Å². The van der Waals surface area contributed by atoms with E-state index in [2.05, 4.69) is 6.58 Å². The van der Waals surface area contributed by atoms with E-state index in [1.54, 1.807) is 6.08 Å². The topological polar surface area (TPSA) is 26.0 Å². The van der Waals surface area contributed by atoms with Crippen LogP contribution in [0.1, 0.15) is 11.1 Å². The Morgan fingerprint density at radius 2 is 2.08 bits per heavy atom. The minimum Gasteiger partial charge on any atom is -0.398 e. The molecule has 0 amide bonds. The highest BCUT2D eigenvalue weighted by molar-refractivity contribution is 5.66. The van der Waals surface area contributed by atoms with Crippen LogP contribution in [-0.2, 0) is 0 Å². The van der Waals surface area contributed by atoms with Gasteiger partial charge in [-0.25, -0.2) is 0 Å². The van der Waals surface area contributed by atoms with Crippen molar-refractivity contribution in [3.63, 3.8) is 0 Å². The highest BCUT2D eigenvalue weighted by Crippen LogP contribution is 2.13. The first-order chi connectivity index (χ1) is 5.75. The van der Waals surface area contributed by atoms with Crippen LogP contribution in [-0.4, -0.2) is 0 Å². The van der Waals surface area contributed by atoms with Crippen molar-refractivity contribution in [3.05, 3.63) is 54.1 Å². The lowest BCUT2D eigenvalue weighted by Crippen LogP contribution is -1.97. The van der Waals surface area contributed by atoms with Crippen molar-refractivity contribution >= 4 is 5.70 Å². The molecule has 0 heterocycles. The van der Waals surface area contributed by atoms with Crippen LogP contribution in [0.15, 0.2) is 43.0 Å². The van der Waals surface area contributed by atoms with Gasteiger partial charge in [0.15, 0.2) is 0 Å². The zero-order chi connectivity index (χ0) is 8.97. The SMILES string of the molecule is C=C/C=C(/N)c1ccccc1C. The van der Waals surface area contributed by atoms with Crippen molar-refractivity contribution in [2.75, 3.05) is 0 Å². The van der Waals surface area contributed by atoms with Gasteiger partial charge in [0.2, 0.25) is 0 Å². The summed E-state index contributed by atoms with van der Waals surface area (Å²) in [5.41, 5.74) is 8.83. The van der Waals surface area contributed by atoms with Crippen LogP contribution in [0.25, 0.3) is 5.70 Å². The molecule has 0 aromatic heterocycles. The molecule has 0 aliphatic heterocycles. The summed E-state index contributed by atoms with van der Waals surface area (Å²) in [6.45, 7) is 5.64. The number of benzene rings is 1. The Morgan fingerprint density at radius 3 is 2.67 bits per heavy atom. The Kier molecular flexibility index (Phi) is 2.70. The van der Waals surface area contributed by atoms with Gasteiger partial charge in [-0.2, -0.15) is 0 Å². The molecule has 1 aromatic carbocycles. The molecule has 1 aromatic rings. The average molecular weight is 159 g/mol. The molecule has 0 bridgehead atoms. The van der Waals surface area contributed by atoms with E-state index < -0.39 is 0 Å². The lowest BCUT2D eigenvalue weighted by molar-refractivity contribution is 1.39. The molecule has 12 heavy (non-hydrogen) atoms. The summed E-state index contributed by atoms with van der Waals surface area (Å²) in [6.07, 6.45) is 3.50. The summed E-state index contributed by atoms with van der Waals surface area (Å²) in [5.74, 6) is 0. The third kappa shape index (κ3) is 1.76. The second kappa shape index (κ2) is 3.77. The van der Waals surface area contributed by atoms with Crippen molar-refractivity contribution in [1.29, 1.82) is 0 Å². The first kappa shape index (κ1) is 8.60. The third-order valence-electron chi connectivity index (χ3n) is 1.75. The molecule has 0 atom stereocenters. The highest BCUT2D eigenvalue weighted by Gasteiger charge is 1.97. The minimum absolute atomic E-state index is 0.767. The van der Waals surface area contributed by atoms with E-state index in [1.165, 1.54) is 5.56 Å². The maximum Gasteiger partial charge on any atom is 0.0390 e. The highest BCUT2D eigenvalue weighted by atomic mass is 14.6. The van der Waals surface area contributed by atoms with Crippen LogP contribution in [0, 0.1) is 6.92 Å². The zero-order valence-corrected chi connectivity index (χ0v) is 7.25. The van der Waals surface area contributed by atoms with Gasteiger partial charge in [-0.1, -0.05) is 36.9 Å². The number of hydrogen-bond acceptors (Lipinski definition) is 1. The Bertz CT molecular complexity index is 311. The first-order valence-corrected chi connectivity index (χ1v) is 3.90. The van der Waals surface area contributed by atoms with Crippen molar-refractivity contribution in [3.8, 4) is 0 Å². The molecule has 0 saturated carbocycles. The van der Waals surface area contributed by atoms with E-state index in [0.717, 1.165) is 11.3 Å². The molecule has 0 aliphatic carbocycles. The Balaban J connectivity index is 3.10. The second-order valence-corrected chi connectivity index (χ2v) is 2.67. The van der Waals surface area contributed by atoms with Gasteiger partial charge in [0.25, 0.3) is 0 Å². The molecular formula is C11H13N. The number of nitrogens with two attached hydrogens (primary N) is 1. The molecule has 1 rings (SSSR count). The van der Waals surface area contributed by atoms with Crippen LogP contribution >= 0.6 is 0 Å². The fraction of sp³-hybridized carbons (Fsp3) is 0.0909. The monoisotopic (exact) mass is 159 g/mol. The second-order valence-electron chi connectivity index (χ2n) is 2.67. The summed E-state index contributed by atoms with van der Waals surface area (Å²) in [5, 5.41) is 0. The molecule has 0 saturated heterocycles. The fourth-order valence-corrected chi connectivity index (χ4v) is 1.11. The predicted molar refractivity (Wildman–Crippen MR) is 53.5 cm³/mol. The molecule has 62 valence electrons. The van der Waals surface area contributed by atoms with Crippen molar-refractivity contribution in [1.82, 2.24) is 0 Å². The van der Waals surface area contributed by atoms with Crippen molar-refractivity contribution < 1.29 is 0 Å². The fourth-order valence-electron chi connectivity index (χ4n) is 1.11. The lowest BCUT2D eigenvalue weighted by atomic mass is 10.1. The van der Waals surface area contributed by atoms with Crippen LogP contribution in [0.4, 0.5) is 0 Å². The van der Waals surface area contributed by atoms with Gasteiger partial charge >= 0.3 is 0 Å². The Hall–Kier alpha value is -1.50. The summed E-state index contributed by atoms with van der Waals surface area (Å²) in [7, 11) is 0. The quantitative estimate of drug-likeness (QED) is 0.659. The summed E-state index contributed by atoms with van der Waals surface area (Å²) in [4.78, 5) is 0. The number of rotatable bonds is 2. The van der Waals surface area contributed by atoms with Gasteiger partial charge in [0, 0.05) is 11.3 Å². The maximum absolute atomic E-state index is 5.80. The van der Waals surface area contributed by atoms with E-state index in [0.29, 0.717) is 0 Å². The Morgan fingerprint density at radius 1 is 1.42 bits per heavy atom. The molecule has 2 N–H and O–H groups in total. The van der Waals surface area contributed by atoms with Gasteiger partial charge in [-0.05, 0) is 18.6 Å².